The quantitative estimate of drug-likeness (QED) is 0.675. The van der Waals surface area contributed by atoms with Crippen molar-refractivity contribution in [1.82, 2.24) is 9.55 Å². The number of rotatable bonds is 0. The van der Waals surface area contributed by atoms with Gasteiger partial charge in [0.2, 0.25) is 0 Å². The first kappa shape index (κ1) is 7.98. The lowest BCUT2D eigenvalue weighted by molar-refractivity contribution is -0.119. The van der Waals surface area contributed by atoms with Crippen LogP contribution in [-0.2, 0) is 17.8 Å². The minimum Gasteiger partial charge on any atom is -0.322 e. The van der Waals surface area contributed by atoms with Crippen molar-refractivity contribution in [1.29, 1.82) is 0 Å². The number of carbonyl (C=O) groups excluding carboxylic acids is 1. The Kier molecular flexibility index (Phi) is 1.79. The molecule has 12 heavy (non-hydrogen) atoms. The predicted molar refractivity (Wildman–Crippen MR) is 48.0 cm³/mol. The van der Waals surface area contributed by atoms with Crippen LogP contribution in [0.15, 0.2) is 4.60 Å². The largest absolute Gasteiger partial charge is 0.322 e. The standard InChI is InChI=1S/C8H9BrN2O/c1-5-8(9)11-3-2-6(12)4-7(11)10-5/h2-4H2,1H3. The maximum Gasteiger partial charge on any atom is 0.142 e. The van der Waals surface area contributed by atoms with Crippen LogP contribution in [-0.4, -0.2) is 15.3 Å². The highest BCUT2D eigenvalue weighted by Gasteiger charge is 2.19. The molecule has 2 heterocycles. The highest BCUT2D eigenvalue weighted by molar-refractivity contribution is 9.10. The normalized spacial score (nSPS) is 16.3. The van der Waals surface area contributed by atoms with Crippen molar-refractivity contribution < 1.29 is 4.79 Å². The molecular weight excluding hydrogens is 220 g/mol. The summed E-state index contributed by atoms with van der Waals surface area (Å²) in [7, 11) is 0. The van der Waals surface area contributed by atoms with Crippen molar-refractivity contribution in [3.05, 3.63) is 16.1 Å². The number of hydrogen-bond donors (Lipinski definition) is 0. The summed E-state index contributed by atoms with van der Waals surface area (Å²) in [6.07, 6.45) is 1.13. The maximum absolute atomic E-state index is 11.1. The van der Waals surface area contributed by atoms with Crippen LogP contribution < -0.4 is 0 Å². The molecule has 0 bridgehead atoms. The van der Waals surface area contributed by atoms with Gasteiger partial charge in [-0.2, -0.15) is 0 Å². The second-order valence-corrected chi connectivity index (χ2v) is 3.77. The predicted octanol–water partition coefficient (Wildman–Crippen LogP) is 1.47. The van der Waals surface area contributed by atoms with Crippen molar-refractivity contribution >= 4 is 21.7 Å². The fraction of sp³-hybridized carbons (Fsp3) is 0.500. The van der Waals surface area contributed by atoms with E-state index >= 15 is 0 Å². The number of nitrogens with zero attached hydrogens (tertiary/aromatic N) is 2. The van der Waals surface area contributed by atoms with E-state index in [0.717, 1.165) is 22.7 Å². The summed E-state index contributed by atoms with van der Waals surface area (Å²) in [6, 6.07) is 0. The SMILES string of the molecule is Cc1nc2n(c1Br)CCC(=O)C2. The smallest absolute Gasteiger partial charge is 0.142 e. The number of fused-ring (bicyclic) bond motifs is 1. The van der Waals surface area contributed by atoms with Gasteiger partial charge in [0.1, 0.15) is 16.2 Å². The van der Waals surface area contributed by atoms with Gasteiger partial charge in [0.25, 0.3) is 0 Å². The summed E-state index contributed by atoms with van der Waals surface area (Å²) < 4.78 is 3.08. The molecule has 0 saturated carbocycles. The monoisotopic (exact) mass is 228 g/mol. The molecule has 0 N–H and O–H groups in total. The van der Waals surface area contributed by atoms with Crippen molar-refractivity contribution in [3.8, 4) is 0 Å². The fourth-order valence-electron chi connectivity index (χ4n) is 1.47. The van der Waals surface area contributed by atoms with Gasteiger partial charge >= 0.3 is 0 Å². The third-order valence-corrected chi connectivity index (χ3v) is 3.12. The fourth-order valence-corrected chi connectivity index (χ4v) is 1.94. The zero-order chi connectivity index (χ0) is 8.72. The lowest BCUT2D eigenvalue weighted by atomic mass is 10.1. The minimum absolute atomic E-state index is 0.292. The van der Waals surface area contributed by atoms with Crippen LogP contribution in [0.2, 0.25) is 0 Å². The number of Topliss-reactive ketones (excluding diaryl/α,β-unsaturated/α-hetero) is 1. The zero-order valence-electron chi connectivity index (χ0n) is 6.80. The topological polar surface area (TPSA) is 34.9 Å². The molecule has 0 atom stereocenters. The van der Waals surface area contributed by atoms with Crippen LogP contribution in [0.1, 0.15) is 17.9 Å². The van der Waals surface area contributed by atoms with Crippen LogP contribution >= 0.6 is 15.9 Å². The van der Waals surface area contributed by atoms with E-state index in [1.54, 1.807) is 0 Å². The summed E-state index contributed by atoms with van der Waals surface area (Å²) in [5.41, 5.74) is 0.972. The molecule has 4 heteroatoms. The molecule has 0 aromatic carbocycles. The molecule has 3 nitrogen and oxygen atoms in total. The molecule has 64 valence electrons. The van der Waals surface area contributed by atoms with Gasteiger partial charge in [0, 0.05) is 13.0 Å². The molecule has 0 amide bonds. The third-order valence-electron chi connectivity index (χ3n) is 2.11. The van der Waals surface area contributed by atoms with Gasteiger partial charge in [-0.25, -0.2) is 4.98 Å². The Hall–Kier alpha value is -0.640. The van der Waals surface area contributed by atoms with Gasteiger partial charge in [-0.15, -0.1) is 0 Å². The summed E-state index contributed by atoms with van der Waals surface area (Å²) in [5.74, 6) is 1.19. The van der Waals surface area contributed by atoms with Gasteiger partial charge < -0.3 is 4.57 Å². The summed E-state index contributed by atoms with van der Waals surface area (Å²) in [5, 5.41) is 0. The van der Waals surface area contributed by atoms with E-state index in [4.69, 9.17) is 0 Å². The number of aromatic nitrogens is 2. The van der Waals surface area contributed by atoms with Crippen LogP contribution in [0.25, 0.3) is 0 Å². The number of ketones is 1. The Balaban J connectivity index is 2.49. The molecular formula is C8H9BrN2O. The van der Waals surface area contributed by atoms with E-state index in [0.29, 0.717) is 18.6 Å². The molecule has 1 aliphatic rings. The Morgan fingerprint density at radius 3 is 3.08 bits per heavy atom. The van der Waals surface area contributed by atoms with Crippen LogP contribution in [0.5, 0.6) is 0 Å². The van der Waals surface area contributed by atoms with Crippen molar-refractivity contribution in [2.24, 2.45) is 0 Å². The van der Waals surface area contributed by atoms with Gasteiger partial charge in [0.15, 0.2) is 0 Å². The van der Waals surface area contributed by atoms with E-state index in [2.05, 4.69) is 25.5 Å². The first-order valence-corrected chi connectivity index (χ1v) is 4.71. The molecule has 2 rings (SSSR count). The minimum atomic E-state index is 0.292. The van der Waals surface area contributed by atoms with Crippen molar-refractivity contribution in [2.75, 3.05) is 0 Å². The van der Waals surface area contributed by atoms with Gasteiger partial charge in [0.05, 0.1) is 12.1 Å². The lowest BCUT2D eigenvalue weighted by Gasteiger charge is -2.12. The number of hydrogen-bond acceptors (Lipinski definition) is 2. The van der Waals surface area contributed by atoms with E-state index in [-0.39, 0.29) is 0 Å². The Bertz CT molecular complexity index is 343. The Morgan fingerprint density at radius 2 is 2.33 bits per heavy atom. The average Bonchev–Trinajstić information content (AvgIpc) is 2.28. The molecule has 0 spiro atoms. The molecule has 0 radical (unpaired) electrons. The van der Waals surface area contributed by atoms with Crippen LogP contribution in [0.4, 0.5) is 0 Å². The molecule has 0 fully saturated rings. The third kappa shape index (κ3) is 1.10. The highest BCUT2D eigenvalue weighted by Crippen LogP contribution is 2.22. The first-order valence-electron chi connectivity index (χ1n) is 3.91. The highest BCUT2D eigenvalue weighted by atomic mass is 79.9. The number of halogens is 1. The van der Waals surface area contributed by atoms with Gasteiger partial charge in [-0.1, -0.05) is 0 Å². The number of carbonyl (C=O) groups is 1. The lowest BCUT2D eigenvalue weighted by Crippen LogP contribution is -2.18. The van der Waals surface area contributed by atoms with E-state index in [9.17, 15) is 4.79 Å². The average molecular weight is 229 g/mol. The Labute approximate surface area is 78.9 Å². The molecule has 0 saturated heterocycles. The summed E-state index contributed by atoms with van der Waals surface area (Å²) >= 11 is 3.44. The van der Waals surface area contributed by atoms with E-state index in [1.807, 2.05) is 6.92 Å². The molecule has 0 unspecified atom stereocenters. The summed E-state index contributed by atoms with van der Waals surface area (Å²) in [4.78, 5) is 15.4. The summed E-state index contributed by atoms with van der Waals surface area (Å²) in [6.45, 7) is 2.72. The molecule has 0 aliphatic carbocycles. The maximum atomic E-state index is 11.1. The molecule has 1 aromatic heterocycles. The number of aryl methyl sites for hydroxylation is 1. The first-order chi connectivity index (χ1) is 5.68. The van der Waals surface area contributed by atoms with E-state index < -0.39 is 0 Å². The Morgan fingerprint density at radius 1 is 1.58 bits per heavy atom. The molecule has 1 aromatic rings. The number of imidazole rings is 1. The van der Waals surface area contributed by atoms with Crippen molar-refractivity contribution in [3.63, 3.8) is 0 Å². The second-order valence-electron chi connectivity index (χ2n) is 3.02. The van der Waals surface area contributed by atoms with Crippen LogP contribution in [0, 0.1) is 6.92 Å². The second kappa shape index (κ2) is 2.69. The van der Waals surface area contributed by atoms with E-state index in [1.165, 1.54) is 0 Å². The van der Waals surface area contributed by atoms with Crippen molar-refractivity contribution in [2.45, 2.75) is 26.3 Å². The van der Waals surface area contributed by atoms with Gasteiger partial charge in [-0.05, 0) is 22.9 Å². The van der Waals surface area contributed by atoms with Crippen LogP contribution in [0.3, 0.4) is 0 Å². The zero-order valence-corrected chi connectivity index (χ0v) is 8.39. The van der Waals surface area contributed by atoms with Gasteiger partial charge in [-0.3, -0.25) is 4.79 Å². The molecule has 1 aliphatic heterocycles.